The molecule has 35 heavy (non-hydrogen) atoms. The van der Waals surface area contributed by atoms with Gasteiger partial charge in [-0.1, -0.05) is 36.5 Å². The van der Waals surface area contributed by atoms with Crippen molar-refractivity contribution in [2.24, 2.45) is 5.92 Å². The lowest BCUT2D eigenvalue weighted by Gasteiger charge is -2.35. The van der Waals surface area contributed by atoms with E-state index in [-0.39, 0.29) is 24.8 Å². The number of esters is 1. The van der Waals surface area contributed by atoms with E-state index in [4.69, 9.17) is 9.72 Å². The van der Waals surface area contributed by atoms with Crippen molar-refractivity contribution < 1.29 is 19.1 Å². The lowest BCUT2D eigenvalue weighted by Crippen LogP contribution is -2.50. The molecule has 3 aromatic rings. The number of piperazine rings is 1. The Morgan fingerprint density at radius 1 is 1.11 bits per heavy atom. The van der Waals surface area contributed by atoms with Crippen LogP contribution < -0.4 is 9.80 Å². The molecule has 2 aliphatic heterocycles. The Kier molecular flexibility index (Phi) is 6.42. The summed E-state index contributed by atoms with van der Waals surface area (Å²) in [6.45, 7) is 5.03. The Morgan fingerprint density at radius 3 is 2.63 bits per heavy atom. The van der Waals surface area contributed by atoms with Gasteiger partial charge in [-0.3, -0.25) is 9.59 Å². The van der Waals surface area contributed by atoms with Crippen LogP contribution in [0.3, 0.4) is 0 Å². The molecule has 3 heterocycles. The van der Waals surface area contributed by atoms with Gasteiger partial charge in [0.2, 0.25) is 11.8 Å². The molecule has 5 rings (SSSR count). The summed E-state index contributed by atoms with van der Waals surface area (Å²) in [7, 11) is 1.31. The second-order valence-corrected chi connectivity index (χ2v) is 9.89. The molecule has 0 spiro atoms. The van der Waals surface area contributed by atoms with Crippen LogP contribution >= 0.6 is 11.3 Å². The van der Waals surface area contributed by atoms with Crippen LogP contribution in [0.4, 0.5) is 10.8 Å². The highest BCUT2D eigenvalue weighted by Crippen LogP contribution is 2.32. The number of thiazole rings is 1. The third kappa shape index (κ3) is 4.48. The summed E-state index contributed by atoms with van der Waals surface area (Å²) in [5, 5.41) is 0.988. The fourth-order valence-electron chi connectivity index (χ4n) is 4.79. The Bertz CT molecular complexity index is 1280. The van der Waals surface area contributed by atoms with Crippen LogP contribution in [-0.4, -0.2) is 67.5 Å². The average Bonchev–Trinajstić information content (AvgIpc) is 3.50. The first-order chi connectivity index (χ1) is 17.0. The van der Waals surface area contributed by atoms with Gasteiger partial charge < -0.3 is 19.4 Å². The van der Waals surface area contributed by atoms with E-state index in [1.807, 2.05) is 4.90 Å². The van der Waals surface area contributed by atoms with Crippen LogP contribution in [0, 0.1) is 5.92 Å². The first-order valence-electron chi connectivity index (χ1n) is 11.9. The molecule has 0 radical (unpaired) electrons. The molecule has 0 saturated carbocycles. The lowest BCUT2D eigenvalue weighted by molar-refractivity contribution is -0.136. The minimum Gasteiger partial charge on any atom is -0.465 e. The number of para-hydroxylation sites is 1. The third-order valence-electron chi connectivity index (χ3n) is 6.79. The molecule has 1 aromatic heterocycles. The number of methoxy groups -OCH3 is 1. The van der Waals surface area contributed by atoms with E-state index in [9.17, 15) is 14.4 Å². The predicted octanol–water partition coefficient (Wildman–Crippen LogP) is 3.35. The SMILES string of the molecule is CCc1ccc2nc(N3CCN(C(=O)C4CC(=O)N(c5ccccc5C(=O)OC)C4)CC3)sc2c1. The molecular formula is C26H28N4O4S. The minimum absolute atomic E-state index is 0.00654. The largest absolute Gasteiger partial charge is 0.465 e. The fraction of sp³-hybridized carbons (Fsp3) is 0.385. The maximum absolute atomic E-state index is 13.3. The van der Waals surface area contributed by atoms with Crippen molar-refractivity contribution in [3.63, 3.8) is 0 Å². The fourth-order valence-corrected chi connectivity index (χ4v) is 5.87. The molecule has 2 aromatic carbocycles. The molecule has 2 aliphatic rings. The molecule has 9 heteroatoms. The van der Waals surface area contributed by atoms with Gasteiger partial charge >= 0.3 is 5.97 Å². The van der Waals surface area contributed by atoms with Gasteiger partial charge in [0.05, 0.1) is 34.5 Å². The number of fused-ring (bicyclic) bond motifs is 1. The number of rotatable bonds is 5. The Balaban J connectivity index is 1.23. The Hall–Kier alpha value is -3.46. The van der Waals surface area contributed by atoms with Gasteiger partial charge in [-0.05, 0) is 36.2 Å². The number of ether oxygens (including phenoxy) is 1. The van der Waals surface area contributed by atoms with Crippen molar-refractivity contribution in [3.8, 4) is 0 Å². The molecule has 2 saturated heterocycles. The van der Waals surface area contributed by atoms with Crippen LogP contribution in [0.25, 0.3) is 10.2 Å². The topological polar surface area (TPSA) is 83.1 Å². The third-order valence-corrected chi connectivity index (χ3v) is 7.87. The van der Waals surface area contributed by atoms with Crippen LogP contribution in [0.15, 0.2) is 42.5 Å². The zero-order valence-electron chi connectivity index (χ0n) is 19.9. The average molecular weight is 493 g/mol. The Labute approximate surface area is 208 Å². The van der Waals surface area contributed by atoms with Gasteiger partial charge in [0.15, 0.2) is 5.13 Å². The van der Waals surface area contributed by atoms with Crippen LogP contribution in [0.5, 0.6) is 0 Å². The highest BCUT2D eigenvalue weighted by Gasteiger charge is 2.39. The summed E-state index contributed by atoms with van der Waals surface area (Å²) in [6, 6.07) is 13.3. The number of anilines is 2. The quantitative estimate of drug-likeness (QED) is 0.508. The van der Waals surface area contributed by atoms with Gasteiger partial charge in [0.1, 0.15) is 0 Å². The van der Waals surface area contributed by atoms with Crippen molar-refractivity contribution in [2.45, 2.75) is 19.8 Å². The molecule has 2 amide bonds. The first kappa shape index (κ1) is 23.3. The summed E-state index contributed by atoms with van der Waals surface area (Å²) < 4.78 is 6.05. The van der Waals surface area contributed by atoms with Crippen LogP contribution in [0.1, 0.15) is 29.3 Å². The van der Waals surface area contributed by atoms with Crippen molar-refractivity contribution in [1.29, 1.82) is 0 Å². The standard InChI is InChI=1S/C26H28N4O4S/c1-3-17-8-9-20-22(14-17)35-26(27-20)29-12-10-28(11-13-29)24(32)18-15-23(31)30(16-18)21-7-5-4-6-19(21)25(33)34-2/h4-9,14,18H,3,10-13,15-16H2,1-2H3. The monoisotopic (exact) mass is 492 g/mol. The number of hydrogen-bond donors (Lipinski definition) is 0. The van der Waals surface area contributed by atoms with Crippen LogP contribution in [-0.2, 0) is 20.7 Å². The molecule has 1 atom stereocenters. The van der Waals surface area contributed by atoms with Gasteiger partial charge in [-0.25, -0.2) is 9.78 Å². The predicted molar refractivity (Wildman–Crippen MR) is 136 cm³/mol. The number of aromatic nitrogens is 1. The van der Waals surface area contributed by atoms with Gasteiger partial charge in [-0.15, -0.1) is 0 Å². The van der Waals surface area contributed by atoms with E-state index < -0.39 is 11.9 Å². The molecule has 0 bridgehead atoms. The van der Waals surface area contributed by atoms with Gasteiger partial charge in [0, 0.05) is 39.1 Å². The normalized spacial score (nSPS) is 18.4. The summed E-state index contributed by atoms with van der Waals surface area (Å²) in [5.41, 5.74) is 3.13. The van der Waals surface area contributed by atoms with E-state index in [0.717, 1.165) is 17.1 Å². The maximum atomic E-state index is 13.3. The number of amides is 2. The zero-order valence-corrected chi connectivity index (χ0v) is 20.7. The smallest absolute Gasteiger partial charge is 0.339 e. The van der Waals surface area contributed by atoms with Crippen molar-refractivity contribution in [1.82, 2.24) is 9.88 Å². The van der Waals surface area contributed by atoms with Crippen molar-refractivity contribution in [2.75, 3.05) is 49.6 Å². The highest BCUT2D eigenvalue weighted by atomic mass is 32.1. The first-order valence-corrected chi connectivity index (χ1v) is 12.7. The van der Waals surface area contributed by atoms with Gasteiger partial charge in [0.25, 0.3) is 0 Å². The minimum atomic E-state index is -0.500. The second-order valence-electron chi connectivity index (χ2n) is 8.88. The molecule has 2 fully saturated rings. The Morgan fingerprint density at radius 2 is 1.89 bits per heavy atom. The molecular weight excluding hydrogens is 464 g/mol. The second kappa shape index (κ2) is 9.65. The van der Waals surface area contributed by atoms with Gasteiger partial charge in [-0.2, -0.15) is 0 Å². The van der Waals surface area contributed by atoms with E-state index in [1.54, 1.807) is 35.6 Å². The number of carbonyl (C=O) groups is 3. The number of nitrogens with zero attached hydrogens (tertiary/aromatic N) is 4. The summed E-state index contributed by atoms with van der Waals surface area (Å²) >= 11 is 1.69. The molecule has 8 nitrogen and oxygen atoms in total. The summed E-state index contributed by atoms with van der Waals surface area (Å²) in [4.78, 5) is 48.6. The van der Waals surface area contributed by atoms with E-state index in [2.05, 4.69) is 30.0 Å². The van der Waals surface area contributed by atoms with E-state index in [0.29, 0.717) is 37.4 Å². The number of hydrogen-bond acceptors (Lipinski definition) is 7. The summed E-state index contributed by atoms with van der Waals surface area (Å²) in [5.74, 6) is -1.08. The summed E-state index contributed by atoms with van der Waals surface area (Å²) in [6.07, 6.45) is 1.14. The van der Waals surface area contributed by atoms with Crippen LogP contribution in [0.2, 0.25) is 0 Å². The highest BCUT2D eigenvalue weighted by molar-refractivity contribution is 7.22. The molecule has 182 valence electrons. The van der Waals surface area contributed by atoms with E-state index in [1.165, 1.54) is 22.3 Å². The molecule has 1 unspecified atom stereocenters. The number of aryl methyl sites for hydroxylation is 1. The van der Waals surface area contributed by atoms with E-state index >= 15 is 0 Å². The number of carbonyl (C=O) groups excluding carboxylic acids is 3. The lowest BCUT2D eigenvalue weighted by atomic mass is 10.1. The molecule has 0 N–H and O–H groups in total. The molecule has 0 aliphatic carbocycles. The van der Waals surface area contributed by atoms with Crippen molar-refractivity contribution in [3.05, 3.63) is 53.6 Å². The van der Waals surface area contributed by atoms with Crippen molar-refractivity contribution >= 4 is 50.2 Å². The maximum Gasteiger partial charge on any atom is 0.339 e. The number of benzene rings is 2. The zero-order chi connectivity index (χ0) is 24.5.